The van der Waals surface area contributed by atoms with Gasteiger partial charge >= 0.3 is 0 Å². The SMILES string of the molecule is CC1OCCC1CNc1cc2c(cc1N)NC(=O)CC2. The van der Waals surface area contributed by atoms with Gasteiger partial charge in [0.1, 0.15) is 0 Å². The van der Waals surface area contributed by atoms with Crippen LogP contribution in [-0.2, 0) is 16.0 Å². The molecule has 0 spiro atoms. The molecule has 1 saturated heterocycles. The molecule has 5 nitrogen and oxygen atoms in total. The van der Waals surface area contributed by atoms with Gasteiger partial charge in [0.05, 0.1) is 17.5 Å². The predicted octanol–water partition coefficient (Wildman–Crippen LogP) is 1.99. The van der Waals surface area contributed by atoms with E-state index in [1.54, 1.807) is 0 Å². The molecule has 0 aliphatic carbocycles. The van der Waals surface area contributed by atoms with Gasteiger partial charge < -0.3 is 21.1 Å². The summed E-state index contributed by atoms with van der Waals surface area (Å²) in [4.78, 5) is 11.4. The molecule has 0 radical (unpaired) electrons. The van der Waals surface area contributed by atoms with Crippen molar-refractivity contribution >= 4 is 23.0 Å². The molecule has 4 N–H and O–H groups in total. The predicted molar refractivity (Wildman–Crippen MR) is 79.8 cm³/mol. The number of aryl methyl sites for hydroxylation is 1. The Bertz CT molecular complexity index is 530. The standard InChI is InChI=1S/C15H21N3O2/c1-9-11(4-5-20-9)8-17-14-6-10-2-3-15(19)18-13(10)7-12(14)16/h6-7,9,11,17H,2-5,8,16H2,1H3,(H,18,19). The summed E-state index contributed by atoms with van der Waals surface area (Å²) in [7, 11) is 0. The summed E-state index contributed by atoms with van der Waals surface area (Å²) in [5.74, 6) is 0.597. The highest BCUT2D eigenvalue weighted by atomic mass is 16.5. The van der Waals surface area contributed by atoms with Crippen LogP contribution in [0.5, 0.6) is 0 Å². The summed E-state index contributed by atoms with van der Waals surface area (Å²) < 4.78 is 5.57. The number of carbonyl (C=O) groups excluding carboxylic acids is 1. The number of benzene rings is 1. The molecule has 0 saturated carbocycles. The van der Waals surface area contributed by atoms with Gasteiger partial charge in [-0.15, -0.1) is 0 Å². The Morgan fingerprint density at radius 1 is 1.45 bits per heavy atom. The van der Waals surface area contributed by atoms with Crippen LogP contribution in [-0.4, -0.2) is 25.2 Å². The number of hydrogen-bond donors (Lipinski definition) is 3. The van der Waals surface area contributed by atoms with Crippen LogP contribution in [0.25, 0.3) is 0 Å². The van der Waals surface area contributed by atoms with Crippen LogP contribution in [0, 0.1) is 5.92 Å². The van der Waals surface area contributed by atoms with Crippen LogP contribution >= 0.6 is 0 Å². The Kier molecular flexibility index (Phi) is 3.53. The normalized spacial score (nSPS) is 25.1. The molecule has 20 heavy (non-hydrogen) atoms. The van der Waals surface area contributed by atoms with Crippen molar-refractivity contribution < 1.29 is 9.53 Å². The molecule has 3 rings (SSSR count). The number of fused-ring (bicyclic) bond motifs is 1. The monoisotopic (exact) mass is 275 g/mol. The second kappa shape index (κ2) is 5.32. The molecule has 1 aromatic rings. The fourth-order valence-corrected chi connectivity index (χ4v) is 2.88. The molecule has 1 aromatic carbocycles. The van der Waals surface area contributed by atoms with E-state index < -0.39 is 0 Å². The smallest absolute Gasteiger partial charge is 0.224 e. The third-order valence-corrected chi connectivity index (χ3v) is 4.26. The van der Waals surface area contributed by atoms with Crippen LogP contribution < -0.4 is 16.4 Å². The highest BCUT2D eigenvalue weighted by molar-refractivity contribution is 5.95. The summed E-state index contributed by atoms with van der Waals surface area (Å²) in [6.07, 6.45) is 2.72. The maximum atomic E-state index is 11.4. The number of nitrogens with two attached hydrogens (primary N) is 1. The minimum atomic E-state index is 0.0644. The largest absolute Gasteiger partial charge is 0.397 e. The first-order valence-electron chi connectivity index (χ1n) is 7.21. The highest BCUT2D eigenvalue weighted by Crippen LogP contribution is 2.31. The number of nitrogen functional groups attached to an aromatic ring is 1. The topological polar surface area (TPSA) is 76.4 Å². The molecule has 1 fully saturated rings. The zero-order chi connectivity index (χ0) is 14.1. The second-order valence-corrected chi connectivity index (χ2v) is 5.65. The Hall–Kier alpha value is -1.75. The van der Waals surface area contributed by atoms with E-state index in [-0.39, 0.29) is 5.91 Å². The van der Waals surface area contributed by atoms with Crippen LogP contribution in [0.1, 0.15) is 25.3 Å². The van der Waals surface area contributed by atoms with E-state index >= 15 is 0 Å². The minimum absolute atomic E-state index is 0.0644. The molecular weight excluding hydrogens is 254 g/mol. The summed E-state index contributed by atoms with van der Waals surface area (Å²) >= 11 is 0. The lowest BCUT2D eigenvalue weighted by Gasteiger charge is -2.21. The van der Waals surface area contributed by atoms with E-state index in [0.29, 0.717) is 24.1 Å². The molecule has 0 bridgehead atoms. The summed E-state index contributed by atoms with van der Waals surface area (Å²) in [5, 5.41) is 6.29. The first-order chi connectivity index (χ1) is 9.63. The zero-order valence-corrected chi connectivity index (χ0v) is 11.7. The minimum Gasteiger partial charge on any atom is -0.397 e. The van der Waals surface area contributed by atoms with Gasteiger partial charge in [0.25, 0.3) is 0 Å². The van der Waals surface area contributed by atoms with Crippen molar-refractivity contribution in [2.45, 2.75) is 32.3 Å². The molecule has 108 valence electrons. The van der Waals surface area contributed by atoms with E-state index in [1.807, 2.05) is 6.07 Å². The maximum Gasteiger partial charge on any atom is 0.224 e. The molecule has 2 aliphatic rings. The van der Waals surface area contributed by atoms with Gasteiger partial charge in [-0.3, -0.25) is 4.79 Å². The summed E-state index contributed by atoms with van der Waals surface area (Å²) in [6, 6.07) is 3.91. The van der Waals surface area contributed by atoms with Crippen molar-refractivity contribution in [1.29, 1.82) is 0 Å². The first kappa shape index (κ1) is 13.2. The van der Waals surface area contributed by atoms with Gasteiger partial charge in [-0.2, -0.15) is 0 Å². The van der Waals surface area contributed by atoms with Crippen molar-refractivity contribution in [3.8, 4) is 0 Å². The lowest BCUT2D eigenvalue weighted by Crippen LogP contribution is -2.22. The summed E-state index contributed by atoms with van der Waals surface area (Å²) in [6.45, 7) is 3.83. The molecule has 1 amide bonds. The fourth-order valence-electron chi connectivity index (χ4n) is 2.88. The van der Waals surface area contributed by atoms with Crippen LogP contribution in [0.15, 0.2) is 12.1 Å². The molecule has 0 aromatic heterocycles. The lowest BCUT2D eigenvalue weighted by atomic mass is 10.00. The van der Waals surface area contributed by atoms with E-state index in [9.17, 15) is 4.79 Å². The maximum absolute atomic E-state index is 11.4. The van der Waals surface area contributed by atoms with E-state index in [1.165, 1.54) is 0 Å². The number of carbonyl (C=O) groups is 1. The number of rotatable bonds is 3. The second-order valence-electron chi connectivity index (χ2n) is 5.65. The Morgan fingerprint density at radius 3 is 3.05 bits per heavy atom. The van der Waals surface area contributed by atoms with Gasteiger partial charge in [-0.25, -0.2) is 0 Å². The third-order valence-electron chi connectivity index (χ3n) is 4.26. The number of amides is 1. The highest BCUT2D eigenvalue weighted by Gasteiger charge is 2.24. The van der Waals surface area contributed by atoms with Gasteiger partial charge in [-0.1, -0.05) is 0 Å². The molecule has 2 atom stereocenters. The fraction of sp³-hybridized carbons (Fsp3) is 0.533. The summed E-state index contributed by atoms with van der Waals surface area (Å²) in [5.41, 5.74) is 9.70. The Labute approximate surface area is 118 Å². The van der Waals surface area contributed by atoms with Crippen molar-refractivity contribution in [2.24, 2.45) is 5.92 Å². The number of nitrogens with one attached hydrogen (secondary N) is 2. The average molecular weight is 275 g/mol. The average Bonchev–Trinajstić information content (AvgIpc) is 2.82. The molecule has 2 heterocycles. The number of hydrogen-bond acceptors (Lipinski definition) is 4. The third kappa shape index (κ3) is 2.58. The Morgan fingerprint density at radius 2 is 2.30 bits per heavy atom. The van der Waals surface area contributed by atoms with E-state index in [4.69, 9.17) is 10.5 Å². The van der Waals surface area contributed by atoms with Crippen molar-refractivity contribution in [3.05, 3.63) is 17.7 Å². The van der Waals surface area contributed by atoms with Gasteiger partial charge in [-0.05, 0) is 37.5 Å². The molecule has 5 heteroatoms. The van der Waals surface area contributed by atoms with Crippen LogP contribution in [0.4, 0.5) is 17.1 Å². The van der Waals surface area contributed by atoms with Crippen molar-refractivity contribution in [1.82, 2.24) is 0 Å². The number of ether oxygens (including phenoxy) is 1. The lowest BCUT2D eigenvalue weighted by molar-refractivity contribution is -0.116. The van der Waals surface area contributed by atoms with E-state index in [0.717, 1.165) is 42.9 Å². The van der Waals surface area contributed by atoms with Crippen LogP contribution in [0.2, 0.25) is 0 Å². The van der Waals surface area contributed by atoms with Gasteiger partial charge in [0.2, 0.25) is 5.91 Å². The molecular formula is C15H21N3O2. The van der Waals surface area contributed by atoms with Gasteiger partial charge in [0, 0.05) is 31.2 Å². The van der Waals surface area contributed by atoms with Crippen molar-refractivity contribution in [3.63, 3.8) is 0 Å². The Balaban J connectivity index is 1.72. The van der Waals surface area contributed by atoms with Crippen molar-refractivity contribution in [2.75, 3.05) is 29.5 Å². The molecule has 2 aliphatic heterocycles. The van der Waals surface area contributed by atoms with E-state index in [2.05, 4.69) is 23.6 Å². The number of anilines is 3. The quantitative estimate of drug-likeness (QED) is 0.737. The van der Waals surface area contributed by atoms with Gasteiger partial charge in [0.15, 0.2) is 0 Å². The van der Waals surface area contributed by atoms with Crippen LogP contribution in [0.3, 0.4) is 0 Å². The molecule has 2 unspecified atom stereocenters. The first-order valence-corrected chi connectivity index (χ1v) is 7.21. The zero-order valence-electron chi connectivity index (χ0n) is 11.7.